The van der Waals surface area contributed by atoms with Gasteiger partial charge < -0.3 is 14.4 Å². The van der Waals surface area contributed by atoms with Crippen LogP contribution in [0.25, 0.3) is 38.8 Å². The van der Waals surface area contributed by atoms with Crippen molar-refractivity contribution in [3.63, 3.8) is 0 Å². The van der Waals surface area contributed by atoms with Gasteiger partial charge in [-0.05, 0) is 88.4 Å². The van der Waals surface area contributed by atoms with Crippen molar-refractivity contribution >= 4 is 40.3 Å². The summed E-state index contributed by atoms with van der Waals surface area (Å²) < 4.78 is 7.97. The van der Waals surface area contributed by atoms with Crippen LogP contribution in [0.5, 0.6) is 0 Å². The number of fused-ring (bicyclic) bond motifs is 1. The maximum atomic E-state index is 13.1. The van der Waals surface area contributed by atoms with Crippen molar-refractivity contribution in [1.29, 1.82) is 0 Å². The van der Waals surface area contributed by atoms with Crippen molar-refractivity contribution < 1.29 is 19.4 Å². The molecule has 0 spiro atoms. The first kappa shape index (κ1) is 28.7. The van der Waals surface area contributed by atoms with Gasteiger partial charge in [0.15, 0.2) is 0 Å². The molecular formula is C33H37N3O4S. The van der Waals surface area contributed by atoms with E-state index in [1.807, 2.05) is 52.9 Å². The second-order valence-electron chi connectivity index (χ2n) is 11.8. The largest absolute Gasteiger partial charge is 0.478 e. The van der Waals surface area contributed by atoms with Crippen LogP contribution in [0, 0.1) is 13.8 Å². The minimum atomic E-state index is -1.03. The van der Waals surface area contributed by atoms with E-state index >= 15 is 0 Å². The monoisotopic (exact) mass is 571 g/mol. The lowest BCUT2D eigenvalue weighted by Crippen LogP contribution is -2.25. The van der Waals surface area contributed by atoms with Gasteiger partial charge in [-0.1, -0.05) is 31.4 Å². The number of aryl methyl sites for hydroxylation is 2. The molecule has 41 heavy (non-hydrogen) atoms. The topological polar surface area (TPSA) is 94.3 Å². The van der Waals surface area contributed by atoms with Gasteiger partial charge in [0.2, 0.25) is 0 Å². The fraction of sp³-hybridized carbons (Fsp3) is 0.394. The fourth-order valence-electron chi connectivity index (χ4n) is 5.74. The summed E-state index contributed by atoms with van der Waals surface area (Å²) in [4.78, 5) is 35.2. The third kappa shape index (κ3) is 6.59. The number of hydrogen-bond acceptors (Lipinski definition) is 6. The number of esters is 1. The van der Waals surface area contributed by atoms with E-state index in [4.69, 9.17) is 9.72 Å². The highest BCUT2D eigenvalue weighted by Gasteiger charge is 2.26. The molecule has 0 bridgehead atoms. The second kappa shape index (κ2) is 11.6. The number of nitrogens with zero attached hydrogens (tertiary/aromatic N) is 3. The first-order chi connectivity index (χ1) is 19.5. The number of ether oxygens (including phenoxy) is 1. The highest BCUT2D eigenvalue weighted by atomic mass is 32.1. The summed E-state index contributed by atoms with van der Waals surface area (Å²) in [6.45, 7) is 9.57. The number of thiazole rings is 1. The summed E-state index contributed by atoms with van der Waals surface area (Å²) in [5, 5.41) is 11.4. The molecule has 1 aromatic carbocycles. The first-order valence-corrected chi connectivity index (χ1v) is 15.0. The highest BCUT2D eigenvalue weighted by molar-refractivity contribution is 7.15. The molecule has 8 heteroatoms. The SMILES string of the molecule is Cc1nc(C)c(-c2ccc3cc(-c4c(CC(=O)OC(C)(C)C)c(/C=C/C(=O)O)cn4C4CCCCC4)ccc3n2)s1. The number of aromatic nitrogens is 3. The summed E-state index contributed by atoms with van der Waals surface area (Å²) in [6.07, 6.45) is 10.4. The quantitative estimate of drug-likeness (QED) is 0.179. The molecule has 1 aliphatic rings. The van der Waals surface area contributed by atoms with Crippen LogP contribution in [0.4, 0.5) is 0 Å². The Morgan fingerprint density at radius 3 is 2.51 bits per heavy atom. The molecule has 214 valence electrons. The van der Waals surface area contributed by atoms with Gasteiger partial charge in [-0.15, -0.1) is 11.3 Å². The summed E-state index contributed by atoms with van der Waals surface area (Å²) in [5.41, 5.74) is 5.56. The minimum absolute atomic E-state index is 0.0465. The van der Waals surface area contributed by atoms with Crippen molar-refractivity contribution in [2.75, 3.05) is 0 Å². The zero-order valence-electron chi connectivity index (χ0n) is 24.4. The lowest BCUT2D eigenvalue weighted by Gasteiger charge is -2.26. The Bertz CT molecular complexity index is 1630. The van der Waals surface area contributed by atoms with Gasteiger partial charge in [0.05, 0.1) is 38.9 Å². The number of rotatable bonds is 7. The molecule has 1 N–H and O–H groups in total. The lowest BCUT2D eigenvalue weighted by molar-refractivity contribution is -0.153. The molecular weight excluding hydrogens is 534 g/mol. The number of carbonyl (C=O) groups is 2. The standard InChI is InChI=1S/C33H37N3O4S/c1-20-32(41-21(2)34-20)28-15-11-22-17-23(12-14-27(22)35-28)31-26(18-30(39)40-33(3,4)5)24(13-16-29(37)38)19-36(31)25-9-7-6-8-10-25/h11-17,19,25H,6-10,18H2,1-5H3,(H,37,38)/b16-13+. The molecule has 3 aromatic heterocycles. The maximum Gasteiger partial charge on any atom is 0.328 e. The molecule has 0 atom stereocenters. The summed E-state index contributed by atoms with van der Waals surface area (Å²) >= 11 is 1.65. The van der Waals surface area contributed by atoms with Gasteiger partial charge in [0.1, 0.15) is 5.60 Å². The molecule has 7 nitrogen and oxygen atoms in total. The maximum absolute atomic E-state index is 13.1. The van der Waals surface area contributed by atoms with Gasteiger partial charge in [0, 0.05) is 23.7 Å². The van der Waals surface area contributed by atoms with Crippen LogP contribution in [-0.2, 0) is 20.7 Å². The average Bonchev–Trinajstić information content (AvgIpc) is 3.44. The molecule has 0 radical (unpaired) electrons. The third-order valence-electron chi connectivity index (χ3n) is 7.38. The molecule has 1 saturated carbocycles. The molecule has 0 amide bonds. The molecule has 1 aliphatic carbocycles. The van der Waals surface area contributed by atoms with Gasteiger partial charge in [-0.25, -0.2) is 14.8 Å². The highest BCUT2D eigenvalue weighted by Crippen LogP contribution is 2.39. The van der Waals surface area contributed by atoms with E-state index in [9.17, 15) is 14.7 Å². The summed E-state index contributed by atoms with van der Waals surface area (Å²) in [6, 6.07) is 10.6. The molecule has 4 aromatic rings. The van der Waals surface area contributed by atoms with Crippen LogP contribution in [0.2, 0.25) is 0 Å². The summed E-state index contributed by atoms with van der Waals surface area (Å²) in [7, 11) is 0. The number of carboxylic acids is 1. The average molecular weight is 572 g/mol. The minimum Gasteiger partial charge on any atom is -0.478 e. The zero-order valence-corrected chi connectivity index (χ0v) is 25.2. The van der Waals surface area contributed by atoms with Crippen molar-refractivity contribution in [2.45, 2.75) is 84.8 Å². The third-order valence-corrected chi connectivity index (χ3v) is 8.48. The number of hydrogen-bond donors (Lipinski definition) is 1. The second-order valence-corrected chi connectivity index (χ2v) is 13.0. The van der Waals surface area contributed by atoms with Gasteiger partial charge in [0.25, 0.3) is 0 Å². The normalized spacial score (nSPS) is 14.7. The number of pyridine rings is 1. The van der Waals surface area contributed by atoms with Gasteiger partial charge in [-0.3, -0.25) is 4.79 Å². The summed E-state index contributed by atoms with van der Waals surface area (Å²) in [5.74, 6) is -1.37. The molecule has 1 fully saturated rings. The zero-order chi connectivity index (χ0) is 29.3. The van der Waals surface area contributed by atoms with E-state index in [2.05, 4.69) is 27.8 Å². The van der Waals surface area contributed by atoms with Crippen LogP contribution in [0.15, 0.2) is 42.6 Å². The number of carboxylic acid groups (broad SMARTS) is 1. The van der Waals surface area contributed by atoms with Crippen molar-refractivity contribution in [1.82, 2.24) is 14.5 Å². The van der Waals surface area contributed by atoms with Crippen molar-refractivity contribution in [3.05, 3.63) is 64.4 Å². The number of benzene rings is 1. The van der Waals surface area contributed by atoms with E-state index in [-0.39, 0.29) is 18.4 Å². The molecule has 0 saturated heterocycles. The Morgan fingerprint density at radius 2 is 1.85 bits per heavy atom. The number of aliphatic carboxylic acids is 1. The van der Waals surface area contributed by atoms with Crippen LogP contribution in [0.1, 0.15) is 80.7 Å². The van der Waals surface area contributed by atoms with E-state index in [0.717, 1.165) is 86.3 Å². The molecule has 3 heterocycles. The predicted octanol–water partition coefficient (Wildman–Crippen LogP) is 7.93. The Hall–Kier alpha value is -3.78. The Morgan fingerprint density at radius 1 is 1.10 bits per heavy atom. The number of carbonyl (C=O) groups excluding carboxylic acids is 1. The Balaban J connectivity index is 1.64. The van der Waals surface area contributed by atoms with Crippen molar-refractivity contribution in [3.8, 4) is 21.8 Å². The Kier molecular flexibility index (Phi) is 8.13. The van der Waals surface area contributed by atoms with Crippen molar-refractivity contribution in [2.24, 2.45) is 0 Å². The van der Waals surface area contributed by atoms with Gasteiger partial charge in [-0.2, -0.15) is 0 Å². The molecule has 5 rings (SSSR count). The fourth-order valence-corrected chi connectivity index (χ4v) is 6.63. The van der Waals surface area contributed by atoms with Crippen LogP contribution in [0.3, 0.4) is 0 Å². The van der Waals surface area contributed by atoms with E-state index < -0.39 is 11.6 Å². The van der Waals surface area contributed by atoms with E-state index in [1.165, 1.54) is 6.42 Å². The van der Waals surface area contributed by atoms with E-state index in [0.29, 0.717) is 0 Å². The Labute approximate surface area is 244 Å². The lowest BCUT2D eigenvalue weighted by atomic mass is 9.94. The van der Waals surface area contributed by atoms with E-state index in [1.54, 1.807) is 17.4 Å². The predicted molar refractivity (Wildman–Crippen MR) is 164 cm³/mol. The van der Waals surface area contributed by atoms with Crippen LogP contribution in [-0.4, -0.2) is 37.2 Å². The molecule has 0 aliphatic heterocycles. The first-order valence-electron chi connectivity index (χ1n) is 14.2. The smallest absolute Gasteiger partial charge is 0.328 e. The van der Waals surface area contributed by atoms with Gasteiger partial charge >= 0.3 is 11.9 Å². The molecule has 0 unspecified atom stereocenters. The van der Waals surface area contributed by atoms with Crippen LogP contribution < -0.4 is 0 Å². The van der Waals surface area contributed by atoms with Crippen LogP contribution >= 0.6 is 11.3 Å².